The molecular weight excluding hydrogens is 294 g/mol. The Labute approximate surface area is 116 Å². The van der Waals surface area contributed by atoms with E-state index in [2.05, 4.69) is 31.1 Å². The Balaban J connectivity index is 1.94. The summed E-state index contributed by atoms with van der Waals surface area (Å²) >= 11 is 3.24. The molecule has 0 spiro atoms. The molecule has 1 aromatic rings. The molecule has 1 fully saturated rings. The predicted octanol–water partition coefficient (Wildman–Crippen LogP) is 2.80. The van der Waals surface area contributed by atoms with Crippen molar-refractivity contribution in [3.8, 4) is 0 Å². The molecule has 1 aliphatic rings. The van der Waals surface area contributed by atoms with Gasteiger partial charge in [0.2, 0.25) is 5.91 Å². The number of hydrogen-bond donors (Lipinski definition) is 1. The van der Waals surface area contributed by atoms with Crippen LogP contribution in [-0.4, -0.2) is 29.3 Å². The number of rotatable bonds is 4. The molecule has 0 radical (unpaired) electrons. The fourth-order valence-electron chi connectivity index (χ4n) is 2.08. The van der Waals surface area contributed by atoms with Crippen molar-refractivity contribution in [1.82, 2.24) is 4.98 Å². The molecule has 0 aromatic carbocycles. The monoisotopic (exact) mass is 311 g/mol. The lowest BCUT2D eigenvalue weighted by molar-refractivity contribution is -0.115. The molecule has 4 nitrogen and oxygen atoms in total. The summed E-state index contributed by atoms with van der Waals surface area (Å²) in [5, 5.41) is 3.50. The van der Waals surface area contributed by atoms with Crippen molar-refractivity contribution >= 4 is 33.3 Å². The van der Waals surface area contributed by atoms with Gasteiger partial charge in [-0.05, 0) is 31.4 Å². The van der Waals surface area contributed by atoms with E-state index in [4.69, 9.17) is 0 Å². The minimum absolute atomic E-state index is 0.0133. The van der Waals surface area contributed by atoms with Crippen LogP contribution < -0.4 is 10.2 Å². The van der Waals surface area contributed by atoms with Gasteiger partial charge in [0.1, 0.15) is 5.82 Å². The minimum atomic E-state index is 0.0133. The third-order valence-corrected chi connectivity index (χ3v) is 3.43. The van der Waals surface area contributed by atoms with Crippen LogP contribution >= 0.6 is 15.9 Å². The second-order valence-corrected chi connectivity index (χ2v) is 5.23. The Bertz CT molecular complexity index is 388. The van der Waals surface area contributed by atoms with Gasteiger partial charge in [0.05, 0.1) is 11.9 Å². The van der Waals surface area contributed by atoms with Gasteiger partial charge < -0.3 is 10.2 Å². The van der Waals surface area contributed by atoms with Gasteiger partial charge in [-0.2, -0.15) is 0 Å². The Hall–Kier alpha value is -1.10. The number of hydrogen-bond acceptors (Lipinski definition) is 3. The Morgan fingerprint density at radius 3 is 2.72 bits per heavy atom. The maximum Gasteiger partial charge on any atom is 0.225 e. The number of halogens is 1. The molecule has 1 amide bonds. The number of carbonyl (C=O) groups is 1. The van der Waals surface area contributed by atoms with E-state index in [0.29, 0.717) is 11.8 Å². The predicted molar refractivity (Wildman–Crippen MR) is 77.3 cm³/mol. The van der Waals surface area contributed by atoms with E-state index in [9.17, 15) is 4.79 Å². The van der Waals surface area contributed by atoms with E-state index in [1.54, 1.807) is 6.20 Å². The van der Waals surface area contributed by atoms with Gasteiger partial charge in [0, 0.05) is 24.8 Å². The number of amides is 1. The number of carbonyl (C=O) groups excluding carboxylic acids is 1. The first-order chi connectivity index (χ1) is 8.79. The van der Waals surface area contributed by atoms with Crippen molar-refractivity contribution in [2.45, 2.75) is 25.7 Å². The van der Waals surface area contributed by atoms with E-state index in [1.807, 2.05) is 12.1 Å². The Kier molecular flexibility index (Phi) is 4.99. The third kappa shape index (κ3) is 3.70. The molecule has 0 unspecified atom stereocenters. The quantitative estimate of drug-likeness (QED) is 0.870. The number of piperidine rings is 1. The zero-order valence-electron chi connectivity index (χ0n) is 10.4. The first kappa shape index (κ1) is 13.3. The van der Waals surface area contributed by atoms with Crippen LogP contribution in [0.4, 0.5) is 11.5 Å². The summed E-state index contributed by atoms with van der Waals surface area (Å²) in [6, 6.07) is 3.90. The highest BCUT2D eigenvalue weighted by Gasteiger charge is 2.11. The fraction of sp³-hybridized carbons (Fsp3) is 0.538. The molecule has 0 atom stereocenters. The molecule has 2 heterocycles. The van der Waals surface area contributed by atoms with Gasteiger partial charge in [-0.1, -0.05) is 15.9 Å². The zero-order valence-corrected chi connectivity index (χ0v) is 11.9. The Morgan fingerprint density at radius 1 is 1.33 bits per heavy atom. The van der Waals surface area contributed by atoms with Crippen molar-refractivity contribution in [3.05, 3.63) is 18.3 Å². The number of pyridine rings is 1. The summed E-state index contributed by atoms with van der Waals surface area (Å²) < 4.78 is 0. The molecule has 1 N–H and O–H groups in total. The molecule has 1 aliphatic heterocycles. The van der Waals surface area contributed by atoms with Crippen LogP contribution in [0.25, 0.3) is 0 Å². The normalized spacial score (nSPS) is 15.5. The van der Waals surface area contributed by atoms with Gasteiger partial charge in [0.15, 0.2) is 0 Å². The Morgan fingerprint density at radius 2 is 2.11 bits per heavy atom. The molecule has 98 valence electrons. The first-order valence-corrected chi connectivity index (χ1v) is 7.48. The SMILES string of the molecule is O=C(CCBr)Nc1ccc(N2CCCCC2)nc1. The number of nitrogens with one attached hydrogen (secondary N) is 1. The molecule has 0 saturated carbocycles. The summed E-state index contributed by atoms with van der Waals surface area (Å²) in [6.45, 7) is 2.17. The largest absolute Gasteiger partial charge is 0.357 e. The van der Waals surface area contributed by atoms with Gasteiger partial charge in [-0.3, -0.25) is 4.79 Å². The van der Waals surface area contributed by atoms with Gasteiger partial charge >= 0.3 is 0 Å². The smallest absolute Gasteiger partial charge is 0.225 e. The molecule has 5 heteroatoms. The zero-order chi connectivity index (χ0) is 12.8. The second-order valence-electron chi connectivity index (χ2n) is 4.44. The van der Waals surface area contributed by atoms with E-state index in [0.717, 1.165) is 24.6 Å². The average molecular weight is 312 g/mol. The lowest BCUT2D eigenvalue weighted by Gasteiger charge is -2.27. The fourth-order valence-corrected chi connectivity index (χ4v) is 2.44. The molecule has 0 aliphatic carbocycles. The average Bonchev–Trinajstić information content (AvgIpc) is 2.41. The molecule has 18 heavy (non-hydrogen) atoms. The van der Waals surface area contributed by atoms with E-state index < -0.39 is 0 Å². The lowest BCUT2D eigenvalue weighted by Crippen LogP contribution is -2.30. The van der Waals surface area contributed by atoms with Crippen LogP contribution in [0.2, 0.25) is 0 Å². The second kappa shape index (κ2) is 6.73. The van der Waals surface area contributed by atoms with Crippen molar-refractivity contribution < 1.29 is 4.79 Å². The maximum atomic E-state index is 11.4. The third-order valence-electron chi connectivity index (χ3n) is 3.03. The van der Waals surface area contributed by atoms with E-state index in [-0.39, 0.29) is 5.91 Å². The van der Waals surface area contributed by atoms with E-state index in [1.165, 1.54) is 19.3 Å². The minimum Gasteiger partial charge on any atom is -0.357 e. The van der Waals surface area contributed by atoms with Crippen molar-refractivity contribution in [2.75, 3.05) is 28.6 Å². The number of aromatic nitrogens is 1. The summed E-state index contributed by atoms with van der Waals surface area (Å²) in [7, 11) is 0. The number of nitrogens with zero attached hydrogens (tertiary/aromatic N) is 2. The highest BCUT2D eigenvalue weighted by atomic mass is 79.9. The molecular formula is C13H18BrN3O. The van der Waals surface area contributed by atoms with Crippen LogP contribution in [0, 0.1) is 0 Å². The van der Waals surface area contributed by atoms with Crippen LogP contribution in [0.15, 0.2) is 18.3 Å². The van der Waals surface area contributed by atoms with Crippen LogP contribution in [0.3, 0.4) is 0 Å². The highest BCUT2D eigenvalue weighted by molar-refractivity contribution is 9.09. The number of alkyl halides is 1. The first-order valence-electron chi connectivity index (χ1n) is 6.36. The van der Waals surface area contributed by atoms with Crippen LogP contribution in [0.1, 0.15) is 25.7 Å². The van der Waals surface area contributed by atoms with Crippen LogP contribution in [0.5, 0.6) is 0 Å². The maximum absolute atomic E-state index is 11.4. The molecule has 1 aromatic heterocycles. The lowest BCUT2D eigenvalue weighted by atomic mass is 10.1. The molecule has 0 bridgehead atoms. The van der Waals surface area contributed by atoms with Crippen LogP contribution in [-0.2, 0) is 4.79 Å². The standard InChI is InChI=1S/C13H18BrN3O/c14-7-6-13(18)16-11-4-5-12(15-10-11)17-8-2-1-3-9-17/h4-5,10H,1-3,6-9H2,(H,16,18). The van der Waals surface area contributed by atoms with Crippen molar-refractivity contribution in [3.63, 3.8) is 0 Å². The highest BCUT2D eigenvalue weighted by Crippen LogP contribution is 2.18. The topological polar surface area (TPSA) is 45.2 Å². The van der Waals surface area contributed by atoms with Gasteiger partial charge in [-0.25, -0.2) is 4.98 Å². The summed E-state index contributed by atoms with van der Waals surface area (Å²) in [5.41, 5.74) is 0.765. The van der Waals surface area contributed by atoms with Gasteiger partial charge in [0.25, 0.3) is 0 Å². The summed E-state index contributed by atoms with van der Waals surface area (Å²) in [6.07, 6.45) is 6.01. The van der Waals surface area contributed by atoms with E-state index >= 15 is 0 Å². The summed E-state index contributed by atoms with van der Waals surface area (Å²) in [5.74, 6) is 1.02. The van der Waals surface area contributed by atoms with Gasteiger partial charge in [-0.15, -0.1) is 0 Å². The number of anilines is 2. The molecule has 2 rings (SSSR count). The van der Waals surface area contributed by atoms with Crippen molar-refractivity contribution in [2.24, 2.45) is 0 Å². The summed E-state index contributed by atoms with van der Waals surface area (Å²) in [4.78, 5) is 18.1. The van der Waals surface area contributed by atoms with Crippen molar-refractivity contribution in [1.29, 1.82) is 0 Å². The molecule has 1 saturated heterocycles.